The standard InChI is InChI=1S/C10H12O4/c1-6-7(9(11)13-2)5-8(14-6)10(12)3-4-10/h5,12H,3-4H2,1-2H3. The van der Waals surface area contributed by atoms with E-state index in [2.05, 4.69) is 4.74 Å². The largest absolute Gasteiger partial charge is 0.465 e. The molecule has 1 aromatic heterocycles. The zero-order valence-corrected chi connectivity index (χ0v) is 8.16. The molecule has 0 spiro atoms. The summed E-state index contributed by atoms with van der Waals surface area (Å²) in [5, 5.41) is 9.75. The van der Waals surface area contributed by atoms with Crippen molar-refractivity contribution in [3.63, 3.8) is 0 Å². The van der Waals surface area contributed by atoms with E-state index >= 15 is 0 Å². The highest BCUT2D eigenvalue weighted by atomic mass is 16.5. The molecule has 76 valence electrons. The Morgan fingerprint density at radius 1 is 1.64 bits per heavy atom. The highest BCUT2D eigenvalue weighted by Crippen LogP contribution is 2.46. The number of rotatable bonds is 2. The van der Waals surface area contributed by atoms with Crippen LogP contribution in [-0.2, 0) is 10.3 Å². The number of hydrogen-bond donors (Lipinski definition) is 1. The lowest BCUT2D eigenvalue weighted by Crippen LogP contribution is -2.03. The third kappa shape index (κ3) is 1.32. The van der Waals surface area contributed by atoms with Crippen LogP contribution in [0.5, 0.6) is 0 Å². The Morgan fingerprint density at radius 3 is 2.79 bits per heavy atom. The summed E-state index contributed by atoms with van der Waals surface area (Å²) in [6, 6.07) is 1.56. The molecule has 1 heterocycles. The van der Waals surface area contributed by atoms with Crippen LogP contribution in [0.3, 0.4) is 0 Å². The molecule has 1 aliphatic rings. The van der Waals surface area contributed by atoms with Gasteiger partial charge in [-0.3, -0.25) is 0 Å². The number of carbonyl (C=O) groups excluding carboxylic acids is 1. The van der Waals surface area contributed by atoms with E-state index in [9.17, 15) is 9.90 Å². The van der Waals surface area contributed by atoms with Gasteiger partial charge in [-0.05, 0) is 25.8 Å². The summed E-state index contributed by atoms with van der Waals surface area (Å²) in [6.07, 6.45) is 1.39. The van der Waals surface area contributed by atoms with Crippen LogP contribution in [0, 0.1) is 6.92 Å². The molecule has 1 N–H and O–H groups in total. The number of aliphatic hydroxyl groups is 1. The lowest BCUT2D eigenvalue weighted by atomic mass is 10.2. The summed E-state index contributed by atoms with van der Waals surface area (Å²) in [5.74, 6) is 0.532. The van der Waals surface area contributed by atoms with Crippen LogP contribution in [0.2, 0.25) is 0 Å². The summed E-state index contributed by atoms with van der Waals surface area (Å²) in [6.45, 7) is 1.68. The molecule has 4 nitrogen and oxygen atoms in total. The van der Waals surface area contributed by atoms with Crippen molar-refractivity contribution in [1.29, 1.82) is 0 Å². The molecule has 14 heavy (non-hydrogen) atoms. The number of aryl methyl sites for hydroxylation is 1. The van der Waals surface area contributed by atoms with Crippen molar-refractivity contribution in [3.05, 3.63) is 23.2 Å². The number of esters is 1. The van der Waals surface area contributed by atoms with Gasteiger partial charge in [-0.25, -0.2) is 4.79 Å². The van der Waals surface area contributed by atoms with E-state index in [1.165, 1.54) is 7.11 Å². The van der Waals surface area contributed by atoms with E-state index in [1.807, 2.05) is 0 Å². The first kappa shape index (κ1) is 9.27. The summed E-state index contributed by atoms with van der Waals surface area (Å²) < 4.78 is 9.90. The normalized spacial score (nSPS) is 17.9. The van der Waals surface area contributed by atoms with E-state index in [-0.39, 0.29) is 0 Å². The van der Waals surface area contributed by atoms with Crippen molar-refractivity contribution < 1.29 is 19.1 Å². The van der Waals surface area contributed by atoms with Gasteiger partial charge in [0.25, 0.3) is 0 Å². The fourth-order valence-electron chi connectivity index (χ4n) is 1.39. The predicted octanol–water partition coefficient (Wildman–Crippen LogP) is 1.36. The summed E-state index contributed by atoms with van der Waals surface area (Å²) in [4.78, 5) is 11.2. The number of ether oxygens (including phenoxy) is 1. The fraction of sp³-hybridized carbons (Fsp3) is 0.500. The van der Waals surface area contributed by atoms with Crippen LogP contribution in [-0.4, -0.2) is 18.2 Å². The second-order valence-corrected chi connectivity index (χ2v) is 3.60. The molecule has 0 radical (unpaired) electrons. The molecule has 1 saturated carbocycles. The number of hydrogen-bond acceptors (Lipinski definition) is 4. The van der Waals surface area contributed by atoms with Crippen molar-refractivity contribution in [2.24, 2.45) is 0 Å². The molecule has 0 aromatic carbocycles. The van der Waals surface area contributed by atoms with Crippen LogP contribution < -0.4 is 0 Å². The van der Waals surface area contributed by atoms with Crippen LogP contribution in [0.4, 0.5) is 0 Å². The van der Waals surface area contributed by atoms with Crippen LogP contribution in [0.15, 0.2) is 10.5 Å². The molecule has 0 amide bonds. The Hall–Kier alpha value is -1.29. The first-order valence-electron chi connectivity index (χ1n) is 4.48. The quantitative estimate of drug-likeness (QED) is 0.725. The topological polar surface area (TPSA) is 59.7 Å². The minimum Gasteiger partial charge on any atom is -0.465 e. The van der Waals surface area contributed by atoms with Crippen molar-refractivity contribution in [2.45, 2.75) is 25.4 Å². The summed E-state index contributed by atoms with van der Waals surface area (Å²) in [5.41, 5.74) is -0.445. The molecular formula is C10H12O4. The Kier molecular flexibility index (Phi) is 1.89. The summed E-state index contributed by atoms with van der Waals surface area (Å²) in [7, 11) is 1.32. The van der Waals surface area contributed by atoms with Gasteiger partial charge in [-0.15, -0.1) is 0 Å². The number of methoxy groups -OCH3 is 1. The second-order valence-electron chi connectivity index (χ2n) is 3.60. The molecule has 2 rings (SSSR count). The molecule has 1 aromatic rings. The highest BCUT2D eigenvalue weighted by Gasteiger charge is 2.46. The van der Waals surface area contributed by atoms with Crippen molar-refractivity contribution in [1.82, 2.24) is 0 Å². The van der Waals surface area contributed by atoms with Crippen LogP contribution in [0.1, 0.15) is 34.7 Å². The van der Waals surface area contributed by atoms with Gasteiger partial charge in [0.05, 0.1) is 7.11 Å². The molecule has 0 unspecified atom stereocenters. The predicted molar refractivity (Wildman–Crippen MR) is 47.9 cm³/mol. The lowest BCUT2D eigenvalue weighted by molar-refractivity contribution is 0.0598. The SMILES string of the molecule is COC(=O)c1cc(C2(O)CC2)oc1C. The maximum Gasteiger partial charge on any atom is 0.341 e. The van der Waals surface area contributed by atoms with Gasteiger partial charge in [0, 0.05) is 0 Å². The van der Waals surface area contributed by atoms with Crippen LogP contribution >= 0.6 is 0 Å². The van der Waals surface area contributed by atoms with E-state index in [0.29, 0.717) is 29.9 Å². The minimum absolute atomic E-state index is 0.392. The van der Waals surface area contributed by atoms with E-state index in [0.717, 1.165) is 0 Å². The third-order valence-electron chi connectivity index (χ3n) is 2.51. The average molecular weight is 196 g/mol. The zero-order valence-electron chi connectivity index (χ0n) is 8.16. The Morgan fingerprint density at radius 2 is 2.29 bits per heavy atom. The average Bonchev–Trinajstić information content (AvgIpc) is 2.78. The molecule has 1 fully saturated rings. The molecule has 0 aliphatic heterocycles. The van der Waals surface area contributed by atoms with E-state index < -0.39 is 11.6 Å². The van der Waals surface area contributed by atoms with Gasteiger partial charge in [-0.1, -0.05) is 0 Å². The highest BCUT2D eigenvalue weighted by molar-refractivity contribution is 5.90. The smallest absolute Gasteiger partial charge is 0.341 e. The molecule has 1 aliphatic carbocycles. The first-order valence-corrected chi connectivity index (χ1v) is 4.48. The lowest BCUT2D eigenvalue weighted by Gasteiger charge is -2.00. The molecule has 4 heteroatoms. The molecule has 0 atom stereocenters. The molecule has 0 saturated heterocycles. The number of furan rings is 1. The van der Waals surface area contributed by atoms with E-state index in [1.54, 1.807) is 13.0 Å². The van der Waals surface area contributed by atoms with Gasteiger partial charge >= 0.3 is 5.97 Å². The monoisotopic (exact) mass is 196 g/mol. The Labute approximate surface area is 81.5 Å². The summed E-state index contributed by atoms with van der Waals surface area (Å²) >= 11 is 0. The van der Waals surface area contributed by atoms with Gasteiger partial charge in [0.2, 0.25) is 0 Å². The molecular weight excluding hydrogens is 184 g/mol. The van der Waals surface area contributed by atoms with Gasteiger partial charge < -0.3 is 14.3 Å². The van der Waals surface area contributed by atoms with Gasteiger partial charge in [-0.2, -0.15) is 0 Å². The van der Waals surface area contributed by atoms with Crippen molar-refractivity contribution in [3.8, 4) is 0 Å². The Balaban J connectivity index is 2.34. The maximum absolute atomic E-state index is 11.2. The zero-order chi connectivity index (χ0) is 10.3. The third-order valence-corrected chi connectivity index (χ3v) is 2.51. The first-order chi connectivity index (χ1) is 6.57. The van der Waals surface area contributed by atoms with Gasteiger partial charge in [0.1, 0.15) is 22.7 Å². The minimum atomic E-state index is -0.836. The van der Waals surface area contributed by atoms with E-state index in [4.69, 9.17) is 4.42 Å². The van der Waals surface area contributed by atoms with Crippen molar-refractivity contribution >= 4 is 5.97 Å². The van der Waals surface area contributed by atoms with Crippen LogP contribution in [0.25, 0.3) is 0 Å². The maximum atomic E-state index is 11.2. The fourth-order valence-corrected chi connectivity index (χ4v) is 1.39. The number of carbonyl (C=O) groups is 1. The van der Waals surface area contributed by atoms with Crippen molar-refractivity contribution in [2.75, 3.05) is 7.11 Å². The van der Waals surface area contributed by atoms with Gasteiger partial charge in [0.15, 0.2) is 0 Å². The Bertz CT molecular complexity index is 373. The molecule has 0 bridgehead atoms. The second kappa shape index (κ2) is 2.85.